The molecular weight excluding hydrogens is 216 g/mol. The lowest BCUT2D eigenvalue weighted by Crippen LogP contribution is -1.94. The lowest BCUT2D eigenvalue weighted by Gasteiger charge is -2.12. The fraction of sp³-hybridized carbons (Fsp3) is 0.778. The van der Waals surface area contributed by atoms with Gasteiger partial charge in [0.05, 0.1) is 0 Å². The first-order valence-electron chi connectivity index (χ1n) is 8.17. The highest BCUT2D eigenvalue weighted by atomic mass is 14.3. The summed E-state index contributed by atoms with van der Waals surface area (Å²) in [5, 5.41) is 0. The average Bonchev–Trinajstić information content (AvgIpc) is 2.66. The van der Waals surface area contributed by atoms with Crippen LogP contribution in [0.2, 0.25) is 0 Å². The molecule has 0 aromatic rings. The summed E-state index contributed by atoms with van der Waals surface area (Å²) in [6, 6.07) is 0. The van der Waals surface area contributed by atoms with Crippen LogP contribution in [0.4, 0.5) is 0 Å². The molecule has 1 aliphatic rings. The molecule has 0 heterocycles. The van der Waals surface area contributed by atoms with Gasteiger partial charge in [-0.05, 0) is 49.2 Å². The molecule has 1 rings (SSSR count). The standard InChI is InChI=1S/C18H32/c1-5-8-10-12-16-14-15(4)17(7-3)18(16)13-11-9-6-2/h14-15H,5-13H2,1-4H3. The lowest BCUT2D eigenvalue weighted by molar-refractivity contribution is 0.688. The minimum atomic E-state index is 0.711. The van der Waals surface area contributed by atoms with Crippen molar-refractivity contribution in [3.05, 3.63) is 22.8 Å². The Balaban J connectivity index is 2.62. The minimum absolute atomic E-state index is 0.711. The van der Waals surface area contributed by atoms with Gasteiger partial charge in [0.1, 0.15) is 0 Å². The molecule has 0 saturated carbocycles. The molecule has 1 aliphatic carbocycles. The van der Waals surface area contributed by atoms with Gasteiger partial charge in [0.15, 0.2) is 0 Å². The molecule has 0 nitrogen and oxygen atoms in total. The normalized spacial score (nSPS) is 19.6. The summed E-state index contributed by atoms with van der Waals surface area (Å²) in [6.45, 7) is 9.30. The monoisotopic (exact) mass is 248 g/mol. The Labute approximate surface area is 115 Å². The molecule has 0 aromatic carbocycles. The molecule has 104 valence electrons. The number of hydrogen-bond donors (Lipinski definition) is 0. The predicted octanol–water partition coefficient (Wildman–Crippen LogP) is 6.43. The summed E-state index contributed by atoms with van der Waals surface area (Å²) < 4.78 is 0. The van der Waals surface area contributed by atoms with E-state index in [-0.39, 0.29) is 0 Å². The van der Waals surface area contributed by atoms with Crippen molar-refractivity contribution in [2.75, 3.05) is 0 Å². The summed E-state index contributed by atoms with van der Waals surface area (Å²) in [5.41, 5.74) is 5.18. The van der Waals surface area contributed by atoms with Crippen LogP contribution >= 0.6 is 0 Å². The van der Waals surface area contributed by atoms with E-state index in [1.54, 1.807) is 16.7 Å². The molecular formula is C18H32. The first kappa shape index (κ1) is 15.5. The van der Waals surface area contributed by atoms with E-state index < -0.39 is 0 Å². The van der Waals surface area contributed by atoms with Gasteiger partial charge in [-0.2, -0.15) is 0 Å². The van der Waals surface area contributed by atoms with E-state index >= 15 is 0 Å². The highest BCUT2D eigenvalue weighted by Crippen LogP contribution is 2.38. The molecule has 0 bridgehead atoms. The van der Waals surface area contributed by atoms with Crippen molar-refractivity contribution in [2.45, 2.75) is 85.5 Å². The Hall–Kier alpha value is -0.520. The van der Waals surface area contributed by atoms with Gasteiger partial charge in [0, 0.05) is 0 Å². The fourth-order valence-corrected chi connectivity index (χ4v) is 3.19. The SMILES string of the molecule is CCCCCC1=CC(C)C(CC)=C1CCCCC. The zero-order valence-corrected chi connectivity index (χ0v) is 13.0. The van der Waals surface area contributed by atoms with Gasteiger partial charge < -0.3 is 0 Å². The molecule has 18 heavy (non-hydrogen) atoms. The smallest absolute Gasteiger partial charge is 0.00399 e. The van der Waals surface area contributed by atoms with E-state index in [0.717, 1.165) is 0 Å². The molecule has 0 amide bonds. The lowest BCUT2D eigenvalue weighted by atomic mass is 9.93. The summed E-state index contributed by atoms with van der Waals surface area (Å²) in [6.07, 6.45) is 14.6. The van der Waals surface area contributed by atoms with Crippen molar-refractivity contribution >= 4 is 0 Å². The second kappa shape index (κ2) is 8.56. The van der Waals surface area contributed by atoms with Gasteiger partial charge in [0.2, 0.25) is 0 Å². The van der Waals surface area contributed by atoms with E-state index in [1.165, 1.54) is 57.8 Å². The van der Waals surface area contributed by atoms with Crippen LogP contribution in [0, 0.1) is 5.92 Å². The van der Waals surface area contributed by atoms with Crippen molar-refractivity contribution < 1.29 is 0 Å². The van der Waals surface area contributed by atoms with Gasteiger partial charge in [-0.3, -0.25) is 0 Å². The number of unbranched alkanes of at least 4 members (excludes halogenated alkanes) is 4. The van der Waals surface area contributed by atoms with Crippen molar-refractivity contribution in [1.82, 2.24) is 0 Å². The Morgan fingerprint density at radius 1 is 0.889 bits per heavy atom. The van der Waals surface area contributed by atoms with Gasteiger partial charge in [-0.15, -0.1) is 0 Å². The zero-order valence-electron chi connectivity index (χ0n) is 13.0. The van der Waals surface area contributed by atoms with Crippen LogP contribution < -0.4 is 0 Å². The zero-order chi connectivity index (χ0) is 13.4. The third kappa shape index (κ3) is 4.30. The molecule has 1 atom stereocenters. The molecule has 1 unspecified atom stereocenters. The van der Waals surface area contributed by atoms with Crippen LogP contribution in [0.5, 0.6) is 0 Å². The first-order valence-corrected chi connectivity index (χ1v) is 8.17. The molecule has 0 fully saturated rings. The average molecular weight is 248 g/mol. The molecule has 0 saturated heterocycles. The fourth-order valence-electron chi connectivity index (χ4n) is 3.19. The first-order chi connectivity index (χ1) is 8.74. The van der Waals surface area contributed by atoms with Gasteiger partial charge in [0.25, 0.3) is 0 Å². The topological polar surface area (TPSA) is 0 Å². The number of rotatable bonds is 9. The highest BCUT2D eigenvalue weighted by Gasteiger charge is 2.21. The molecule has 0 spiro atoms. The molecule has 0 N–H and O–H groups in total. The van der Waals surface area contributed by atoms with Crippen LogP contribution in [-0.4, -0.2) is 0 Å². The number of allylic oxidation sites excluding steroid dienone is 4. The summed E-state index contributed by atoms with van der Waals surface area (Å²) in [7, 11) is 0. The minimum Gasteiger partial charge on any atom is -0.0741 e. The maximum absolute atomic E-state index is 2.55. The van der Waals surface area contributed by atoms with Crippen LogP contribution in [0.3, 0.4) is 0 Å². The molecule has 0 heteroatoms. The van der Waals surface area contributed by atoms with E-state index in [4.69, 9.17) is 0 Å². The van der Waals surface area contributed by atoms with Gasteiger partial charge in [-0.1, -0.05) is 65.0 Å². The largest absolute Gasteiger partial charge is 0.0741 e. The second-order valence-corrected chi connectivity index (χ2v) is 5.75. The van der Waals surface area contributed by atoms with E-state index in [2.05, 4.69) is 33.8 Å². The second-order valence-electron chi connectivity index (χ2n) is 5.75. The van der Waals surface area contributed by atoms with Crippen molar-refractivity contribution in [3.8, 4) is 0 Å². The summed E-state index contributed by atoms with van der Waals surface area (Å²) >= 11 is 0. The Kier molecular flexibility index (Phi) is 7.39. The maximum Gasteiger partial charge on any atom is -0.00399 e. The third-order valence-electron chi connectivity index (χ3n) is 4.24. The Morgan fingerprint density at radius 2 is 1.50 bits per heavy atom. The van der Waals surface area contributed by atoms with E-state index in [1.807, 2.05) is 0 Å². The quantitative estimate of drug-likeness (QED) is 0.412. The van der Waals surface area contributed by atoms with Gasteiger partial charge >= 0.3 is 0 Å². The molecule has 0 aromatic heterocycles. The Morgan fingerprint density at radius 3 is 2.06 bits per heavy atom. The van der Waals surface area contributed by atoms with Crippen molar-refractivity contribution in [1.29, 1.82) is 0 Å². The van der Waals surface area contributed by atoms with Crippen LogP contribution in [-0.2, 0) is 0 Å². The van der Waals surface area contributed by atoms with Gasteiger partial charge in [-0.25, -0.2) is 0 Å². The molecule has 0 radical (unpaired) electrons. The molecule has 0 aliphatic heterocycles. The van der Waals surface area contributed by atoms with Crippen LogP contribution in [0.1, 0.15) is 85.5 Å². The maximum atomic E-state index is 2.55. The van der Waals surface area contributed by atoms with Crippen molar-refractivity contribution in [2.24, 2.45) is 5.92 Å². The van der Waals surface area contributed by atoms with E-state index in [9.17, 15) is 0 Å². The van der Waals surface area contributed by atoms with E-state index in [0.29, 0.717) is 5.92 Å². The highest BCUT2D eigenvalue weighted by molar-refractivity contribution is 5.44. The number of hydrogen-bond acceptors (Lipinski definition) is 0. The van der Waals surface area contributed by atoms with Crippen LogP contribution in [0.25, 0.3) is 0 Å². The Bertz CT molecular complexity index is 293. The van der Waals surface area contributed by atoms with Crippen LogP contribution in [0.15, 0.2) is 22.8 Å². The predicted molar refractivity (Wildman–Crippen MR) is 82.8 cm³/mol. The summed E-state index contributed by atoms with van der Waals surface area (Å²) in [5.74, 6) is 0.711. The third-order valence-corrected chi connectivity index (χ3v) is 4.24. The van der Waals surface area contributed by atoms with Crippen molar-refractivity contribution in [3.63, 3.8) is 0 Å². The summed E-state index contributed by atoms with van der Waals surface area (Å²) in [4.78, 5) is 0.